The van der Waals surface area contributed by atoms with Crippen LogP contribution < -0.4 is 0 Å². The topological polar surface area (TPSA) is 80.4 Å². The van der Waals surface area contributed by atoms with Crippen LogP contribution in [0.2, 0.25) is 0 Å². The number of aromatic nitrogens is 1. The van der Waals surface area contributed by atoms with E-state index in [1.165, 1.54) is 18.3 Å². The molecule has 0 saturated heterocycles. The van der Waals surface area contributed by atoms with E-state index in [4.69, 9.17) is 9.08 Å². The van der Waals surface area contributed by atoms with Crippen molar-refractivity contribution in [3.8, 4) is 0 Å². The molecule has 2 aromatic rings. The van der Waals surface area contributed by atoms with Crippen molar-refractivity contribution in [3.05, 3.63) is 51.1 Å². The molecule has 0 amide bonds. The van der Waals surface area contributed by atoms with Gasteiger partial charge in [-0.1, -0.05) is 5.16 Å². The highest BCUT2D eigenvalue weighted by molar-refractivity contribution is 9.10. The Bertz CT molecular complexity index is 772. The van der Waals surface area contributed by atoms with Gasteiger partial charge in [0.25, 0.3) is 0 Å². The van der Waals surface area contributed by atoms with Gasteiger partial charge in [-0.15, -0.1) is 0 Å². The average Bonchev–Trinajstić information content (AvgIpc) is 3.20. The van der Waals surface area contributed by atoms with Gasteiger partial charge in [0.05, 0.1) is 22.0 Å². The third-order valence-electron chi connectivity index (χ3n) is 3.50. The van der Waals surface area contributed by atoms with Gasteiger partial charge < -0.3 is 9.08 Å². The number of benzene rings is 1. The van der Waals surface area contributed by atoms with Crippen LogP contribution in [-0.2, 0) is 16.8 Å². The maximum atomic E-state index is 14.2. The molecule has 1 atom stereocenters. The Kier molecular flexibility index (Phi) is 4.24. The molecule has 1 unspecified atom stereocenters. The van der Waals surface area contributed by atoms with Crippen LogP contribution in [0.25, 0.3) is 0 Å². The van der Waals surface area contributed by atoms with Crippen LogP contribution >= 0.6 is 15.9 Å². The standard InChI is InChI=1S/C14H11BrFNO4S/c15-11-4-3-8(10(12(11)16)6-22(19)20)13(18)9-5-17-21-14(9)7-1-2-7/h3-5,7H,1-2,6H2,(H,19,20). The quantitative estimate of drug-likeness (QED) is 0.627. The lowest BCUT2D eigenvalue weighted by Gasteiger charge is -2.09. The Labute approximate surface area is 136 Å². The first-order chi connectivity index (χ1) is 10.5. The third kappa shape index (κ3) is 2.90. The van der Waals surface area contributed by atoms with E-state index < -0.39 is 28.4 Å². The molecule has 0 spiro atoms. The number of nitrogens with zero attached hydrogens (tertiary/aromatic N) is 1. The Morgan fingerprint density at radius 3 is 2.82 bits per heavy atom. The zero-order valence-corrected chi connectivity index (χ0v) is 13.6. The Balaban J connectivity index is 2.06. The van der Waals surface area contributed by atoms with E-state index in [2.05, 4.69) is 21.1 Å². The summed E-state index contributed by atoms with van der Waals surface area (Å²) in [7, 11) is 0. The minimum atomic E-state index is -2.26. The first-order valence-corrected chi connectivity index (χ1v) is 8.59. The van der Waals surface area contributed by atoms with Crippen LogP contribution in [0, 0.1) is 5.82 Å². The molecule has 1 aliphatic carbocycles. The summed E-state index contributed by atoms with van der Waals surface area (Å²) < 4.78 is 39.6. The second-order valence-electron chi connectivity index (χ2n) is 5.06. The Morgan fingerprint density at radius 1 is 1.45 bits per heavy atom. The number of hydrogen-bond donors (Lipinski definition) is 1. The highest BCUT2D eigenvalue weighted by atomic mass is 79.9. The van der Waals surface area contributed by atoms with E-state index in [9.17, 15) is 13.4 Å². The first kappa shape index (κ1) is 15.5. The van der Waals surface area contributed by atoms with Crippen molar-refractivity contribution in [1.29, 1.82) is 0 Å². The second kappa shape index (κ2) is 6.02. The van der Waals surface area contributed by atoms with Crippen LogP contribution in [0.1, 0.15) is 46.0 Å². The highest BCUT2D eigenvalue weighted by Gasteiger charge is 2.33. The lowest BCUT2D eigenvalue weighted by molar-refractivity contribution is 0.103. The molecule has 0 bridgehead atoms. The van der Waals surface area contributed by atoms with Crippen molar-refractivity contribution < 1.29 is 22.5 Å². The van der Waals surface area contributed by atoms with Gasteiger partial charge >= 0.3 is 0 Å². The fraction of sp³-hybridized carbons (Fsp3) is 0.286. The van der Waals surface area contributed by atoms with E-state index in [1.54, 1.807) is 0 Å². The molecule has 1 heterocycles. The van der Waals surface area contributed by atoms with Crippen molar-refractivity contribution >= 4 is 32.8 Å². The van der Waals surface area contributed by atoms with Gasteiger partial charge in [0.2, 0.25) is 0 Å². The van der Waals surface area contributed by atoms with Crippen LogP contribution in [0.15, 0.2) is 27.3 Å². The van der Waals surface area contributed by atoms with Crippen molar-refractivity contribution in [3.63, 3.8) is 0 Å². The predicted molar refractivity (Wildman–Crippen MR) is 80.5 cm³/mol. The normalized spacial score (nSPS) is 15.8. The highest BCUT2D eigenvalue weighted by Crippen LogP contribution is 2.42. The van der Waals surface area contributed by atoms with E-state index in [1.807, 2.05) is 0 Å². The van der Waals surface area contributed by atoms with E-state index in [0.717, 1.165) is 12.8 Å². The minimum Gasteiger partial charge on any atom is -0.360 e. The molecule has 3 rings (SSSR count). The van der Waals surface area contributed by atoms with E-state index in [-0.39, 0.29) is 27.1 Å². The summed E-state index contributed by atoms with van der Waals surface area (Å²) in [6, 6.07) is 2.83. The number of carbonyl (C=O) groups is 1. The van der Waals surface area contributed by atoms with Crippen molar-refractivity contribution in [2.45, 2.75) is 24.5 Å². The predicted octanol–water partition coefficient (Wildman–Crippen LogP) is 3.41. The van der Waals surface area contributed by atoms with Crippen molar-refractivity contribution in [2.24, 2.45) is 0 Å². The van der Waals surface area contributed by atoms with E-state index in [0.29, 0.717) is 5.76 Å². The molecule has 5 nitrogen and oxygen atoms in total. The molecule has 1 saturated carbocycles. The summed E-state index contributed by atoms with van der Waals surface area (Å²) in [6.45, 7) is 0. The monoisotopic (exact) mass is 387 g/mol. The van der Waals surface area contributed by atoms with Gasteiger partial charge in [-0.3, -0.25) is 4.79 Å². The molecule has 8 heteroatoms. The summed E-state index contributed by atoms with van der Waals surface area (Å²) in [4.78, 5) is 12.7. The van der Waals surface area contributed by atoms with Crippen molar-refractivity contribution in [2.75, 3.05) is 0 Å². The van der Waals surface area contributed by atoms with Gasteiger partial charge in [-0.05, 0) is 40.9 Å². The summed E-state index contributed by atoms with van der Waals surface area (Å²) in [5.74, 6) is -0.939. The number of hydrogen-bond acceptors (Lipinski definition) is 4. The molecular formula is C14H11BrFNO4S. The van der Waals surface area contributed by atoms with Crippen molar-refractivity contribution in [1.82, 2.24) is 5.16 Å². The maximum Gasteiger partial charge on any atom is 0.198 e. The average molecular weight is 388 g/mol. The van der Waals surface area contributed by atoms with Gasteiger partial charge in [-0.2, -0.15) is 0 Å². The number of halogens is 2. The van der Waals surface area contributed by atoms with Crippen LogP contribution in [-0.4, -0.2) is 19.7 Å². The largest absolute Gasteiger partial charge is 0.360 e. The molecule has 1 aliphatic rings. The zero-order chi connectivity index (χ0) is 15.9. The van der Waals surface area contributed by atoms with Crippen LogP contribution in [0.4, 0.5) is 4.39 Å². The fourth-order valence-corrected chi connectivity index (χ4v) is 3.17. The van der Waals surface area contributed by atoms with E-state index >= 15 is 0 Å². The fourth-order valence-electron chi connectivity index (χ4n) is 2.27. The summed E-state index contributed by atoms with van der Waals surface area (Å²) in [6.07, 6.45) is 3.17. The van der Waals surface area contributed by atoms with Gasteiger partial charge in [-0.25, -0.2) is 8.60 Å². The molecule has 1 fully saturated rings. The van der Waals surface area contributed by atoms with Gasteiger partial charge in [0.15, 0.2) is 22.6 Å². The maximum absolute atomic E-state index is 14.2. The Morgan fingerprint density at radius 2 is 2.18 bits per heavy atom. The lowest BCUT2D eigenvalue weighted by Crippen LogP contribution is -2.10. The minimum absolute atomic E-state index is 0.0493. The molecule has 0 radical (unpaired) electrons. The van der Waals surface area contributed by atoms with Gasteiger partial charge in [0.1, 0.15) is 5.82 Å². The SMILES string of the molecule is O=C(c1cnoc1C1CC1)c1ccc(Br)c(F)c1CS(=O)O. The second-order valence-corrected chi connectivity index (χ2v) is 6.85. The molecule has 1 aromatic carbocycles. The van der Waals surface area contributed by atoms with Gasteiger partial charge in [0, 0.05) is 17.0 Å². The van der Waals surface area contributed by atoms with Crippen LogP contribution in [0.3, 0.4) is 0 Å². The third-order valence-corrected chi connectivity index (χ3v) is 4.65. The molecule has 0 aliphatic heterocycles. The molecule has 1 aromatic heterocycles. The number of carbonyl (C=O) groups excluding carboxylic acids is 1. The molecular weight excluding hydrogens is 377 g/mol. The molecule has 22 heavy (non-hydrogen) atoms. The Hall–Kier alpha value is -1.38. The summed E-state index contributed by atoms with van der Waals surface area (Å²) in [5.41, 5.74) is 0.241. The summed E-state index contributed by atoms with van der Waals surface area (Å²) >= 11 is 0.755. The smallest absolute Gasteiger partial charge is 0.198 e. The number of ketones is 1. The summed E-state index contributed by atoms with van der Waals surface area (Å²) in [5, 5.41) is 3.65. The lowest BCUT2D eigenvalue weighted by atomic mass is 9.98. The molecule has 116 valence electrons. The number of rotatable bonds is 5. The molecule has 1 N–H and O–H groups in total. The van der Waals surface area contributed by atoms with Crippen LogP contribution in [0.5, 0.6) is 0 Å². The zero-order valence-electron chi connectivity index (χ0n) is 11.2. The first-order valence-electron chi connectivity index (χ1n) is 6.52.